The summed E-state index contributed by atoms with van der Waals surface area (Å²) in [7, 11) is 0. The van der Waals surface area contributed by atoms with Gasteiger partial charge in [0.05, 0.1) is 21.8 Å². The minimum absolute atomic E-state index is 0.253. The highest BCUT2D eigenvalue weighted by Crippen LogP contribution is 2.36. The first-order chi connectivity index (χ1) is 12.6. The summed E-state index contributed by atoms with van der Waals surface area (Å²) in [6.07, 6.45) is -3.53. The molecule has 0 unspecified atom stereocenters. The van der Waals surface area contributed by atoms with E-state index in [1.807, 2.05) is 10.7 Å². The van der Waals surface area contributed by atoms with Crippen LogP contribution in [0, 0.1) is 0 Å². The van der Waals surface area contributed by atoms with E-state index in [4.69, 9.17) is 34.8 Å². The fourth-order valence-electron chi connectivity index (χ4n) is 1.83. The molecule has 0 spiro atoms. The van der Waals surface area contributed by atoms with Crippen molar-refractivity contribution in [1.29, 1.82) is 0 Å². The van der Waals surface area contributed by atoms with Crippen LogP contribution in [0.1, 0.15) is 11.1 Å². The van der Waals surface area contributed by atoms with Crippen molar-refractivity contribution in [2.75, 3.05) is 5.32 Å². The van der Waals surface area contributed by atoms with Gasteiger partial charge in [0.1, 0.15) is 0 Å². The van der Waals surface area contributed by atoms with Crippen LogP contribution >= 0.6 is 34.8 Å². The second-order valence-electron chi connectivity index (χ2n) is 5.01. The third-order valence-corrected chi connectivity index (χ3v) is 3.96. The van der Waals surface area contributed by atoms with Gasteiger partial charge in [-0.3, -0.25) is 9.59 Å². The number of halogens is 6. The number of nitrogens with zero attached hydrogens (tertiary/aromatic N) is 1. The zero-order valence-corrected chi connectivity index (χ0v) is 15.3. The highest BCUT2D eigenvalue weighted by atomic mass is 35.5. The van der Waals surface area contributed by atoms with E-state index in [0.717, 1.165) is 12.1 Å². The predicted molar refractivity (Wildman–Crippen MR) is 97.3 cm³/mol. The number of carbonyl (C=O) groups excluding carboxylic acids is 2. The molecule has 0 radical (unpaired) electrons. The van der Waals surface area contributed by atoms with Gasteiger partial charge in [-0.25, -0.2) is 5.43 Å². The number of hydrogen-bond donors (Lipinski definition) is 2. The van der Waals surface area contributed by atoms with Crippen LogP contribution in [0.4, 0.5) is 18.9 Å². The Morgan fingerprint density at radius 1 is 0.963 bits per heavy atom. The third kappa shape index (κ3) is 5.85. The number of carbonyl (C=O) groups is 2. The summed E-state index contributed by atoms with van der Waals surface area (Å²) >= 11 is 17.1. The van der Waals surface area contributed by atoms with Gasteiger partial charge in [-0.1, -0.05) is 40.9 Å². The maximum absolute atomic E-state index is 12.8. The van der Waals surface area contributed by atoms with Crippen molar-refractivity contribution in [2.45, 2.75) is 6.18 Å². The maximum atomic E-state index is 12.8. The molecule has 11 heteroatoms. The molecule has 2 N–H and O–H groups in total. The number of nitrogens with one attached hydrogen (secondary N) is 2. The molecular weight excluding hydrogens is 430 g/mol. The average Bonchev–Trinajstić information content (AvgIpc) is 2.57. The van der Waals surface area contributed by atoms with Crippen LogP contribution in [0.2, 0.25) is 15.1 Å². The molecule has 142 valence electrons. The molecule has 0 saturated carbocycles. The molecule has 2 aromatic rings. The van der Waals surface area contributed by atoms with E-state index < -0.39 is 28.6 Å². The van der Waals surface area contributed by atoms with Gasteiger partial charge < -0.3 is 5.32 Å². The van der Waals surface area contributed by atoms with E-state index >= 15 is 0 Å². The standard InChI is InChI=1S/C16H9Cl3F3N3O2/c17-9-2-1-8(13(19)5-9)7-23-25-15(27)14(26)24-10-3-4-12(18)11(6-10)16(20,21)22/h1-7H,(H,24,26)(H,25,27)/b23-7+. The lowest BCUT2D eigenvalue weighted by Crippen LogP contribution is -2.32. The van der Waals surface area contributed by atoms with Crippen LogP contribution in [-0.2, 0) is 15.8 Å². The van der Waals surface area contributed by atoms with Crippen LogP contribution < -0.4 is 10.7 Å². The van der Waals surface area contributed by atoms with Gasteiger partial charge in [-0.2, -0.15) is 18.3 Å². The fraction of sp³-hybridized carbons (Fsp3) is 0.0625. The molecule has 5 nitrogen and oxygen atoms in total. The SMILES string of the molecule is O=C(N/N=C/c1ccc(Cl)cc1Cl)C(=O)Nc1ccc(Cl)c(C(F)(F)F)c1. The normalized spacial score (nSPS) is 11.5. The molecule has 0 heterocycles. The molecule has 0 aliphatic heterocycles. The highest BCUT2D eigenvalue weighted by molar-refractivity contribution is 6.40. The molecule has 0 aromatic heterocycles. The smallest absolute Gasteiger partial charge is 0.318 e. The number of hydrazone groups is 1. The van der Waals surface area contributed by atoms with Gasteiger partial charge in [-0.15, -0.1) is 0 Å². The number of hydrogen-bond acceptors (Lipinski definition) is 3. The van der Waals surface area contributed by atoms with Crippen LogP contribution in [0.5, 0.6) is 0 Å². The van der Waals surface area contributed by atoms with E-state index in [-0.39, 0.29) is 10.7 Å². The Kier molecular flexibility index (Phi) is 6.69. The van der Waals surface area contributed by atoms with E-state index in [1.165, 1.54) is 18.3 Å². The van der Waals surface area contributed by atoms with Crippen LogP contribution in [0.25, 0.3) is 0 Å². The molecule has 2 amide bonds. The number of anilines is 1. The summed E-state index contributed by atoms with van der Waals surface area (Å²) in [5.41, 5.74) is 0.959. The Balaban J connectivity index is 2.02. The summed E-state index contributed by atoms with van der Waals surface area (Å²) < 4.78 is 38.4. The van der Waals surface area contributed by atoms with Gasteiger partial charge in [0, 0.05) is 16.3 Å². The topological polar surface area (TPSA) is 70.6 Å². The van der Waals surface area contributed by atoms with Crippen molar-refractivity contribution >= 4 is 58.5 Å². The Bertz CT molecular complexity index is 918. The summed E-state index contributed by atoms with van der Waals surface area (Å²) in [6.45, 7) is 0. The lowest BCUT2D eigenvalue weighted by atomic mass is 10.2. The van der Waals surface area contributed by atoms with Gasteiger partial charge in [-0.05, 0) is 30.3 Å². The van der Waals surface area contributed by atoms with Crippen molar-refractivity contribution in [3.63, 3.8) is 0 Å². The van der Waals surface area contributed by atoms with E-state index in [0.29, 0.717) is 16.7 Å². The molecule has 0 bridgehead atoms. The molecule has 27 heavy (non-hydrogen) atoms. The van der Waals surface area contributed by atoms with Crippen molar-refractivity contribution in [2.24, 2.45) is 5.10 Å². The molecule has 0 aliphatic carbocycles. The first-order valence-corrected chi connectivity index (χ1v) is 8.17. The Morgan fingerprint density at radius 2 is 1.67 bits per heavy atom. The molecule has 0 saturated heterocycles. The quantitative estimate of drug-likeness (QED) is 0.412. The maximum Gasteiger partial charge on any atom is 0.417 e. The predicted octanol–water partition coefficient (Wildman–Crippen LogP) is 4.75. The van der Waals surface area contributed by atoms with Crippen LogP contribution in [0.15, 0.2) is 41.5 Å². The van der Waals surface area contributed by atoms with E-state index in [1.54, 1.807) is 6.07 Å². The third-order valence-electron chi connectivity index (χ3n) is 3.07. The number of amides is 2. The Morgan fingerprint density at radius 3 is 2.30 bits per heavy atom. The zero-order chi connectivity index (χ0) is 20.2. The fourth-order valence-corrected chi connectivity index (χ4v) is 2.51. The van der Waals surface area contributed by atoms with E-state index in [2.05, 4.69) is 5.10 Å². The molecular formula is C16H9Cl3F3N3O2. The van der Waals surface area contributed by atoms with Gasteiger partial charge in [0.15, 0.2) is 0 Å². The highest BCUT2D eigenvalue weighted by Gasteiger charge is 2.33. The number of rotatable bonds is 3. The molecule has 0 aliphatic rings. The van der Waals surface area contributed by atoms with Crippen molar-refractivity contribution < 1.29 is 22.8 Å². The van der Waals surface area contributed by atoms with Gasteiger partial charge >= 0.3 is 18.0 Å². The molecule has 0 atom stereocenters. The first kappa shape index (κ1) is 21.0. The van der Waals surface area contributed by atoms with Crippen molar-refractivity contribution in [3.8, 4) is 0 Å². The monoisotopic (exact) mass is 437 g/mol. The summed E-state index contributed by atoms with van der Waals surface area (Å²) in [4.78, 5) is 23.4. The van der Waals surface area contributed by atoms with Crippen LogP contribution in [-0.4, -0.2) is 18.0 Å². The molecule has 0 fully saturated rings. The number of benzene rings is 2. The molecule has 2 rings (SSSR count). The molecule has 2 aromatic carbocycles. The van der Waals surface area contributed by atoms with Crippen molar-refractivity contribution in [1.82, 2.24) is 5.43 Å². The minimum atomic E-state index is -4.71. The minimum Gasteiger partial charge on any atom is -0.318 e. The first-order valence-electron chi connectivity index (χ1n) is 7.04. The second-order valence-corrected chi connectivity index (χ2v) is 6.26. The average molecular weight is 439 g/mol. The van der Waals surface area contributed by atoms with Gasteiger partial charge in [0.2, 0.25) is 0 Å². The van der Waals surface area contributed by atoms with Gasteiger partial charge in [0.25, 0.3) is 0 Å². The summed E-state index contributed by atoms with van der Waals surface area (Å²) in [6, 6.07) is 7.23. The summed E-state index contributed by atoms with van der Waals surface area (Å²) in [5, 5.41) is 5.71. The zero-order valence-electron chi connectivity index (χ0n) is 13.1. The Hall–Kier alpha value is -2.29. The van der Waals surface area contributed by atoms with E-state index in [9.17, 15) is 22.8 Å². The largest absolute Gasteiger partial charge is 0.417 e. The Labute approximate surface area is 166 Å². The van der Waals surface area contributed by atoms with Crippen molar-refractivity contribution in [3.05, 3.63) is 62.6 Å². The van der Waals surface area contributed by atoms with Crippen LogP contribution in [0.3, 0.4) is 0 Å². The lowest BCUT2D eigenvalue weighted by Gasteiger charge is -2.11. The lowest BCUT2D eigenvalue weighted by molar-refractivity contribution is -0.137. The number of alkyl halides is 3. The second kappa shape index (κ2) is 8.60. The summed E-state index contributed by atoms with van der Waals surface area (Å²) in [5.74, 6) is -2.41.